The number of aromatic amines is 1. The van der Waals surface area contributed by atoms with Gasteiger partial charge in [0.25, 0.3) is 5.91 Å². The minimum Gasteiger partial charge on any atom is -0.489 e. The minimum absolute atomic E-state index is 0.0741. The molecule has 1 atom stereocenters. The van der Waals surface area contributed by atoms with E-state index in [1.807, 2.05) is 6.07 Å². The normalized spacial score (nSPS) is 15.1. The molecular formula is C27H22FN5O4. The van der Waals surface area contributed by atoms with E-state index in [4.69, 9.17) is 9.15 Å². The van der Waals surface area contributed by atoms with E-state index in [0.29, 0.717) is 39.0 Å². The first kappa shape index (κ1) is 22.7. The van der Waals surface area contributed by atoms with E-state index >= 15 is 0 Å². The highest BCUT2D eigenvalue weighted by Gasteiger charge is 2.38. The fraction of sp³-hybridized carbons (Fsp3) is 0.185. The smallest absolute Gasteiger partial charge is 0.291 e. The number of benzene rings is 2. The summed E-state index contributed by atoms with van der Waals surface area (Å²) in [4.78, 5) is 39.7. The van der Waals surface area contributed by atoms with Crippen LogP contribution in [0.4, 0.5) is 4.39 Å². The average Bonchev–Trinajstić information content (AvgIpc) is 3.55. The van der Waals surface area contributed by atoms with Crippen LogP contribution in [0, 0.1) is 5.82 Å². The summed E-state index contributed by atoms with van der Waals surface area (Å²) in [6.45, 7) is 0.176. The summed E-state index contributed by atoms with van der Waals surface area (Å²) in [6, 6.07) is 11.0. The second-order valence-corrected chi connectivity index (χ2v) is 8.78. The number of likely N-dealkylation sites (N-methyl/N-ethyl adjacent to an activating group) is 1. The zero-order valence-electron chi connectivity index (χ0n) is 19.8. The Kier molecular flexibility index (Phi) is 5.56. The molecule has 4 heterocycles. The summed E-state index contributed by atoms with van der Waals surface area (Å²) >= 11 is 0. The molecule has 0 saturated carbocycles. The Morgan fingerprint density at radius 3 is 2.86 bits per heavy atom. The van der Waals surface area contributed by atoms with E-state index in [1.54, 1.807) is 42.7 Å². The highest BCUT2D eigenvalue weighted by molar-refractivity contribution is 5.98. The Morgan fingerprint density at radius 2 is 2.03 bits per heavy atom. The van der Waals surface area contributed by atoms with E-state index in [2.05, 4.69) is 20.3 Å². The molecule has 0 fully saturated rings. The number of fused-ring (bicyclic) bond motifs is 4. The van der Waals surface area contributed by atoms with Gasteiger partial charge in [0.2, 0.25) is 5.91 Å². The van der Waals surface area contributed by atoms with Crippen molar-refractivity contribution in [3.63, 3.8) is 0 Å². The Labute approximate surface area is 210 Å². The van der Waals surface area contributed by atoms with E-state index in [0.717, 1.165) is 5.52 Å². The van der Waals surface area contributed by atoms with Crippen LogP contribution in [-0.2, 0) is 24.4 Å². The van der Waals surface area contributed by atoms with Crippen molar-refractivity contribution in [2.75, 3.05) is 7.05 Å². The van der Waals surface area contributed by atoms with Crippen molar-refractivity contribution in [3.8, 4) is 5.75 Å². The summed E-state index contributed by atoms with van der Waals surface area (Å²) < 4.78 is 26.1. The maximum Gasteiger partial charge on any atom is 0.291 e. The summed E-state index contributed by atoms with van der Waals surface area (Å²) in [5.41, 5.74) is 3.99. The van der Waals surface area contributed by atoms with Gasteiger partial charge in [-0.15, -0.1) is 0 Å². The fourth-order valence-corrected chi connectivity index (χ4v) is 4.84. The van der Waals surface area contributed by atoms with Crippen molar-refractivity contribution in [2.45, 2.75) is 25.6 Å². The first-order chi connectivity index (χ1) is 18.0. The van der Waals surface area contributed by atoms with Crippen molar-refractivity contribution in [1.82, 2.24) is 25.2 Å². The third-order valence-electron chi connectivity index (χ3n) is 6.65. The van der Waals surface area contributed by atoms with Crippen LogP contribution in [0.25, 0.3) is 21.9 Å². The molecule has 5 aromatic rings. The molecule has 0 bridgehead atoms. The second kappa shape index (κ2) is 9.05. The van der Waals surface area contributed by atoms with E-state index in [1.165, 1.54) is 24.3 Å². The summed E-state index contributed by atoms with van der Waals surface area (Å²) in [6.07, 6.45) is 4.81. The molecule has 9 nitrogen and oxygen atoms in total. The van der Waals surface area contributed by atoms with Crippen LogP contribution < -0.4 is 10.1 Å². The van der Waals surface area contributed by atoms with E-state index < -0.39 is 11.9 Å². The molecule has 37 heavy (non-hydrogen) atoms. The molecule has 0 aliphatic carbocycles. The second-order valence-electron chi connectivity index (χ2n) is 8.78. The molecule has 0 saturated heterocycles. The van der Waals surface area contributed by atoms with Gasteiger partial charge in [0.05, 0.1) is 23.8 Å². The van der Waals surface area contributed by atoms with Gasteiger partial charge in [0.1, 0.15) is 24.2 Å². The van der Waals surface area contributed by atoms with Gasteiger partial charge in [-0.2, -0.15) is 0 Å². The predicted octanol–water partition coefficient (Wildman–Crippen LogP) is 3.74. The molecule has 1 aliphatic rings. The Bertz CT molecular complexity index is 1660. The van der Waals surface area contributed by atoms with Gasteiger partial charge < -0.3 is 24.4 Å². The zero-order valence-corrected chi connectivity index (χ0v) is 19.8. The third kappa shape index (κ3) is 3.96. The van der Waals surface area contributed by atoms with Gasteiger partial charge in [0, 0.05) is 54.1 Å². The minimum atomic E-state index is -0.832. The molecule has 1 unspecified atom stereocenters. The quantitative estimate of drug-likeness (QED) is 0.381. The van der Waals surface area contributed by atoms with Crippen molar-refractivity contribution < 1.29 is 23.1 Å². The van der Waals surface area contributed by atoms with Crippen molar-refractivity contribution in [1.29, 1.82) is 0 Å². The molecule has 0 spiro atoms. The largest absolute Gasteiger partial charge is 0.489 e. The number of hydrogen-bond donors (Lipinski definition) is 2. The number of nitrogens with one attached hydrogen (secondary N) is 2. The Hall–Kier alpha value is -4.73. The highest BCUT2D eigenvalue weighted by Crippen LogP contribution is 2.33. The number of rotatable bonds is 5. The number of ether oxygens (including phenoxy) is 1. The lowest BCUT2D eigenvalue weighted by atomic mass is 9.95. The molecule has 2 aromatic carbocycles. The Balaban J connectivity index is 1.28. The van der Waals surface area contributed by atoms with Crippen molar-refractivity contribution >= 4 is 33.8 Å². The van der Waals surface area contributed by atoms with Gasteiger partial charge in [-0.3, -0.25) is 19.6 Å². The maximum absolute atomic E-state index is 14.6. The van der Waals surface area contributed by atoms with Crippen molar-refractivity contribution in [2.24, 2.45) is 0 Å². The van der Waals surface area contributed by atoms with E-state index in [9.17, 15) is 14.0 Å². The highest BCUT2D eigenvalue weighted by atomic mass is 19.1. The van der Waals surface area contributed by atoms with Crippen molar-refractivity contribution in [3.05, 3.63) is 89.5 Å². The molecular weight excluding hydrogens is 477 g/mol. The standard InChI is InChI=1S/C27H22FN5O4/c1-29-26(34)23-12-17-22(32-20-4-2-3-18(28)24(17)20)13-33(23)27(35)25-15(7-10-36-25)14-37-16-5-6-19-21(11-16)31-9-8-30-19/h2-11,23,32H,12-14H2,1H3,(H,29,34). The maximum atomic E-state index is 14.6. The number of nitrogens with zero attached hydrogens (tertiary/aromatic N) is 3. The van der Waals surface area contributed by atoms with Crippen LogP contribution in [0.5, 0.6) is 5.75 Å². The number of hydrogen-bond acceptors (Lipinski definition) is 6. The van der Waals surface area contributed by atoms with Crippen LogP contribution in [0.1, 0.15) is 27.4 Å². The molecule has 1 aliphatic heterocycles. The first-order valence-corrected chi connectivity index (χ1v) is 11.7. The van der Waals surface area contributed by atoms with Crippen LogP contribution in [0.15, 0.2) is 65.5 Å². The van der Waals surface area contributed by atoms with E-state index in [-0.39, 0.29) is 37.1 Å². The van der Waals surface area contributed by atoms with Gasteiger partial charge in [-0.05, 0) is 35.9 Å². The topological polar surface area (TPSA) is 113 Å². The molecule has 0 radical (unpaired) electrons. The lowest BCUT2D eigenvalue weighted by molar-refractivity contribution is -0.125. The lowest BCUT2D eigenvalue weighted by Crippen LogP contribution is -2.52. The summed E-state index contributed by atoms with van der Waals surface area (Å²) in [7, 11) is 1.51. The molecule has 2 amide bonds. The third-order valence-corrected chi connectivity index (χ3v) is 6.65. The molecule has 2 N–H and O–H groups in total. The summed E-state index contributed by atoms with van der Waals surface area (Å²) in [5.74, 6) is -0.507. The number of amides is 2. The molecule has 186 valence electrons. The van der Waals surface area contributed by atoms with Crippen LogP contribution in [0.2, 0.25) is 0 Å². The number of furan rings is 1. The molecule has 6 rings (SSSR count). The Morgan fingerprint density at radius 1 is 1.19 bits per heavy atom. The fourth-order valence-electron chi connectivity index (χ4n) is 4.84. The van der Waals surface area contributed by atoms with Crippen LogP contribution in [-0.4, -0.2) is 44.8 Å². The predicted molar refractivity (Wildman–Crippen MR) is 132 cm³/mol. The first-order valence-electron chi connectivity index (χ1n) is 11.7. The zero-order chi connectivity index (χ0) is 25.5. The number of carbonyl (C=O) groups excluding carboxylic acids is 2. The number of halogens is 1. The molecule has 3 aromatic heterocycles. The summed E-state index contributed by atoms with van der Waals surface area (Å²) in [5, 5.41) is 3.07. The van der Waals surface area contributed by atoms with Crippen LogP contribution in [0.3, 0.4) is 0 Å². The number of H-pyrrole nitrogens is 1. The number of aromatic nitrogens is 3. The number of carbonyl (C=O) groups is 2. The monoisotopic (exact) mass is 499 g/mol. The van der Waals surface area contributed by atoms with Gasteiger partial charge in [-0.25, -0.2) is 4.39 Å². The lowest BCUT2D eigenvalue weighted by Gasteiger charge is -2.34. The van der Waals surface area contributed by atoms with Gasteiger partial charge >= 0.3 is 0 Å². The SMILES string of the molecule is CNC(=O)C1Cc2c([nH]c3cccc(F)c23)CN1C(=O)c1occc1COc1ccc2nccnc2c1. The average molecular weight is 500 g/mol. The van der Waals surface area contributed by atoms with Crippen LogP contribution >= 0.6 is 0 Å². The van der Waals surface area contributed by atoms with Gasteiger partial charge in [0.15, 0.2) is 5.76 Å². The van der Waals surface area contributed by atoms with Gasteiger partial charge in [-0.1, -0.05) is 6.07 Å². The molecule has 10 heteroatoms.